The molecule has 0 saturated carbocycles. The van der Waals surface area contributed by atoms with Crippen LogP contribution in [0.15, 0.2) is 78.9 Å². The second kappa shape index (κ2) is 8.21. The van der Waals surface area contributed by atoms with Crippen LogP contribution in [0.25, 0.3) is 0 Å². The van der Waals surface area contributed by atoms with Crippen LogP contribution in [0.5, 0.6) is 0 Å². The number of nitrogens with one attached hydrogen (secondary N) is 1. The molecule has 0 aliphatic rings. The van der Waals surface area contributed by atoms with E-state index < -0.39 is 0 Å². The van der Waals surface area contributed by atoms with Gasteiger partial charge < -0.3 is 16.0 Å². The molecule has 4 nitrogen and oxygen atoms in total. The summed E-state index contributed by atoms with van der Waals surface area (Å²) in [6.45, 7) is 2.87. The molecule has 0 unspecified atom stereocenters. The number of nitrogens with two attached hydrogens (primary N) is 1. The number of nitrogen functional groups attached to an aromatic ring is 1. The zero-order chi connectivity index (χ0) is 18.4. The number of rotatable bonds is 6. The molecular weight excluding hydrogens is 322 g/mol. The van der Waals surface area contributed by atoms with Gasteiger partial charge in [0.15, 0.2) is 0 Å². The quantitative estimate of drug-likeness (QED) is 0.658. The zero-order valence-electron chi connectivity index (χ0n) is 14.9. The van der Waals surface area contributed by atoms with E-state index in [0.717, 1.165) is 22.5 Å². The highest BCUT2D eigenvalue weighted by atomic mass is 16.2. The summed E-state index contributed by atoms with van der Waals surface area (Å²) in [6, 6.07) is 25.6. The zero-order valence-corrected chi connectivity index (χ0v) is 14.9. The molecule has 0 atom stereocenters. The first-order chi connectivity index (χ1) is 12.6. The minimum absolute atomic E-state index is 0.0577. The normalized spacial score (nSPS) is 10.3. The van der Waals surface area contributed by atoms with Crippen LogP contribution in [0, 0.1) is 6.92 Å². The number of hydrogen-bond acceptors (Lipinski definition) is 3. The van der Waals surface area contributed by atoms with Crippen molar-refractivity contribution >= 4 is 23.0 Å². The van der Waals surface area contributed by atoms with Crippen molar-refractivity contribution in [3.05, 3.63) is 90.0 Å². The van der Waals surface area contributed by atoms with Gasteiger partial charge in [0.1, 0.15) is 0 Å². The Morgan fingerprint density at radius 1 is 0.962 bits per heavy atom. The Labute approximate surface area is 154 Å². The second-order valence-corrected chi connectivity index (χ2v) is 6.30. The lowest BCUT2D eigenvalue weighted by Gasteiger charge is -2.24. The van der Waals surface area contributed by atoms with E-state index in [0.29, 0.717) is 12.2 Å². The smallest absolute Gasteiger partial charge is 0.243 e. The fraction of sp³-hybridized carbons (Fsp3) is 0.136. The van der Waals surface area contributed by atoms with Gasteiger partial charge in [-0.15, -0.1) is 0 Å². The summed E-state index contributed by atoms with van der Waals surface area (Å²) in [5.74, 6) is -0.0577. The maximum atomic E-state index is 12.6. The first kappa shape index (κ1) is 17.5. The van der Waals surface area contributed by atoms with Gasteiger partial charge in [0.05, 0.1) is 6.54 Å². The summed E-state index contributed by atoms with van der Waals surface area (Å²) in [5, 5.41) is 2.99. The van der Waals surface area contributed by atoms with Crippen LogP contribution in [-0.2, 0) is 11.3 Å². The molecule has 0 saturated heterocycles. The number of carbonyl (C=O) groups excluding carboxylic acids is 1. The molecule has 0 aromatic heterocycles. The average molecular weight is 345 g/mol. The monoisotopic (exact) mass is 345 g/mol. The van der Waals surface area contributed by atoms with E-state index in [1.165, 1.54) is 0 Å². The van der Waals surface area contributed by atoms with E-state index in [-0.39, 0.29) is 12.5 Å². The van der Waals surface area contributed by atoms with Gasteiger partial charge in [-0.05, 0) is 48.4 Å². The van der Waals surface area contributed by atoms with E-state index in [1.807, 2.05) is 67.6 Å². The van der Waals surface area contributed by atoms with E-state index in [1.54, 1.807) is 6.07 Å². The highest BCUT2D eigenvalue weighted by Gasteiger charge is 2.13. The highest BCUT2D eigenvalue weighted by Crippen LogP contribution is 2.19. The lowest BCUT2D eigenvalue weighted by Crippen LogP contribution is -2.33. The van der Waals surface area contributed by atoms with Gasteiger partial charge in [0.2, 0.25) is 5.91 Å². The predicted molar refractivity (Wildman–Crippen MR) is 108 cm³/mol. The third-order valence-corrected chi connectivity index (χ3v) is 4.20. The fourth-order valence-electron chi connectivity index (χ4n) is 2.87. The molecule has 0 bridgehead atoms. The molecule has 0 spiro atoms. The molecule has 4 heteroatoms. The van der Waals surface area contributed by atoms with Gasteiger partial charge in [-0.25, -0.2) is 0 Å². The van der Waals surface area contributed by atoms with Crippen LogP contribution in [0.2, 0.25) is 0 Å². The van der Waals surface area contributed by atoms with Crippen LogP contribution in [0.3, 0.4) is 0 Å². The Kier molecular flexibility index (Phi) is 5.54. The van der Waals surface area contributed by atoms with Crippen molar-refractivity contribution in [3.8, 4) is 0 Å². The molecule has 0 radical (unpaired) electrons. The molecule has 1 amide bonds. The van der Waals surface area contributed by atoms with Crippen molar-refractivity contribution < 1.29 is 4.79 Å². The van der Waals surface area contributed by atoms with Gasteiger partial charge in [-0.1, -0.05) is 48.5 Å². The van der Waals surface area contributed by atoms with Crippen LogP contribution < -0.4 is 16.0 Å². The molecule has 0 heterocycles. The molecule has 3 N–H and O–H groups in total. The fourth-order valence-corrected chi connectivity index (χ4v) is 2.87. The van der Waals surface area contributed by atoms with Crippen molar-refractivity contribution in [3.63, 3.8) is 0 Å². The predicted octanol–water partition coefficient (Wildman–Crippen LogP) is 4.22. The van der Waals surface area contributed by atoms with E-state index in [2.05, 4.69) is 22.3 Å². The summed E-state index contributed by atoms with van der Waals surface area (Å²) >= 11 is 0. The topological polar surface area (TPSA) is 58.4 Å². The second-order valence-electron chi connectivity index (χ2n) is 6.30. The molecule has 3 rings (SSSR count). The van der Waals surface area contributed by atoms with Crippen molar-refractivity contribution in [1.29, 1.82) is 0 Å². The summed E-state index contributed by atoms with van der Waals surface area (Å²) < 4.78 is 0. The molecule has 0 fully saturated rings. The molecule has 26 heavy (non-hydrogen) atoms. The maximum Gasteiger partial charge on any atom is 0.243 e. The molecule has 3 aromatic rings. The third kappa shape index (κ3) is 4.63. The van der Waals surface area contributed by atoms with Crippen molar-refractivity contribution in [1.82, 2.24) is 0 Å². The Hall–Kier alpha value is -3.27. The Bertz CT molecular complexity index is 863. The van der Waals surface area contributed by atoms with E-state index in [9.17, 15) is 4.79 Å². The molecule has 0 aliphatic carbocycles. The lowest BCUT2D eigenvalue weighted by atomic mass is 10.1. The van der Waals surface area contributed by atoms with Gasteiger partial charge in [0, 0.05) is 23.6 Å². The Morgan fingerprint density at radius 2 is 1.62 bits per heavy atom. The van der Waals surface area contributed by atoms with Crippen molar-refractivity contribution in [2.24, 2.45) is 0 Å². The van der Waals surface area contributed by atoms with Gasteiger partial charge in [0.25, 0.3) is 0 Å². The maximum absolute atomic E-state index is 12.6. The number of hydrogen-bond donors (Lipinski definition) is 2. The third-order valence-electron chi connectivity index (χ3n) is 4.20. The number of carbonyl (C=O) groups is 1. The molecule has 132 valence electrons. The van der Waals surface area contributed by atoms with Crippen LogP contribution in [0.4, 0.5) is 17.1 Å². The summed E-state index contributed by atoms with van der Waals surface area (Å²) in [7, 11) is 0. The minimum atomic E-state index is -0.0577. The first-order valence-corrected chi connectivity index (χ1v) is 8.62. The van der Waals surface area contributed by atoms with Crippen LogP contribution in [0.1, 0.15) is 11.1 Å². The van der Waals surface area contributed by atoms with Crippen LogP contribution >= 0.6 is 0 Å². The summed E-state index contributed by atoms with van der Waals surface area (Å²) in [4.78, 5) is 14.7. The average Bonchev–Trinajstić information content (AvgIpc) is 2.65. The van der Waals surface area contributed by atoms with Crippen molar-refractivity contribution in [2.75, 3.05) is 22.5 Å². The SMILES string of the molecule is Cc1cc(N)ccc1NC(=O)CN(Cc1ccccc1)c1ccccc1. The standard InChI is InChI=1S/C22H23N3O/c1-17-14-19(23)12-13-21(17)24-22(26)16-25(20-10-6-3-7-11-20)15-18-8-4-2-5-9-18/h2-14H,15-16,23H2,1H3,(H,24,26). The lowest BCUT2D eigenvalue weighted by molar-refractivity contribution is -0.115. The summed E-state index contributed by atoms with van der Waals surface area (Å²) in [6.07, 6.45) is 0. The number of anilines is 3. The van der Waals surface area contributed by atoms with E-state index >= 15 is 0 Å². The summed E-state index contributed by atoms with van der Waals surface area (Å²) in [5.41, 5.74) is 10.4. The molecular formula is C22H23N3O. The number of nitrogens with zero attached hydrogens (tertiary/aromatic N) is 1. The highest BCUT2D eigenvalue weighted by molar-refractivity contribution is 5.94. The molecule has 3 aromatic carbocycles. The molecule has 0 aliphatic heterocycles. The number of benzene rings is 3. The van der Waals surface area contributed by atoms with E-state index in [4.69, 9.17) is 5.73 Å². The van der Waals surface area contributed by atoms with Crippen LogP contribution in [-0.4, -0.2) is 12.5 Å². The largest absolute Gasteiger partial charge is 0.399 e. The number of para-hydroxylation sites is 1. The number of amides is 1. The van der Waals surface area contributed by atoms with Gasteiger partial charge in [-0.2, -0.15) is 0 Å². The Morgan fingerprint density at radius 3 is 2.27 bits per heavy atom. The Balaban J connectivity index is 1.75. The van der Waals surface area contributed by atoms with Gasteiger partial charge >= 0.3 is 0 Å². The number of aryl methyl sites for hydroxylation is 1. The van der Waals surface area contributed by atoms with Crippen molar-refractivity contribution in [2.45, 2.75) is 13.5 Å². The first-order valence-electron chi connectivity index (χ1n) is 8.62. The van der Waals surface area contributed by atoms with Gasteiger partial charge in [-0.3, -0.25) is 4.79 Å². The minimum Gasteiger partial charge on any atom is -0.399 e.